The predicted molar refractivity (Wildman–Crippen MR) is 103 cm³/mol. The molecule has 2 heterocycles. The fraction of sp³-hybridized carbons (Fsp3) is 0.550. The van der Waals surface area contributed by atoms with E-state index in [4.69, 9.17) is 0 Å². The largest absolute Gasteiger partial charge is 0.325 e. The molecule has 6 nitrogen and oxygen atoms in total. The van der Waals surface area contributed by atoms with Crippen LogP contribution in [-0.4, -0.2) is 45.2 Å². The van der Waals surface area contributed by atoms with Gasteiger partial charge < -0.3 is 9.88 Å². The summed E-state index contributed by atoms with van der Waals surface area (Å²) in [5.74, 6) is 2.10. The van der Waals surface area contributed by atoms with Gasteiger partial charge >= 0.3 is 0 Å². The van der Waals surface area contributed by atoms with Gasteiger partial charge in [0.15, 0.2) is 0 Å². The van der Waals surface area contributed by atoms with Gasteiger partial charge in [-0.3, -0.25) is 9.69 Å². The van der Waals surface area contributed by atoms with Crippen molar-refractivity contribution in [2.45, 2.75) is 44.9 Å². The Labute approximate surface area is 155 Å². The van der Waals surface area contributed by atoms with E-state index in [1.54, 1.807) is 6.33 Å². The standard InChI is InChI=1S/C20H29N5O/c1-4-15(2)16-5-7-18(8-6-16)22-19(26)13-25-11-9-17(10-12-25)20-23-21-14-24(20)3/h5-8,14-15,17H,4,9-13H2,1-3H3,(H,22,26). The van der Waals surface area contributed by atoms with Crippen molar-refractivity contribution in [2.24, 2.45) is 7.05 Å². The monoisotopic (exact) mass is 355 g/mol. The average molecular weight is 355 g/mol. The molecule has 0 radical (unpaired) electrons. The minimum Gasteiger partial charge on any atom is -0.325 e. The maximum absolute atomic E-state index is 12.3. The first-order valence-corrected chi connectivity index (χ1v) is 9.53. The molecule has 2 aromatic rings. The van der Waals surface area contributed by atoms with E-state index < -0.39 is 0 Å². The molecule has 0 bridgehead atoms. The highest BCUT2D eigenvalue weighted by atomic mass is 16.2. The second-order valence-corrected chi connectivity index (χ2v) is 7.33. The summed E-state index contributed by atoms with van der Waals surface area (Å²) in [7, 11) is 1.99. The topological polar surface area (TPSA) is 63.1 Å². The number of likely N-dealkylation sites (tertiary alicyclic amines) is 1. The number of amides is 1. The normalized spacial score (nSPS) is 17.2. The van der Waals surface area contributed by atoms with Gasteiger partial charge in [0.2, 0.25) is 5.91 Å². The molecule has 6 heteroatoms. The third kappa shape index (κ3) is 4.49. The zero-order chi connectivity index (χ0) is 18.5. The molecule has 1 amide bonds. The number of rotatable bonds is 6. The third-order valence-corrected chi connectivity index (χ3v) is 5.44. The van der Waals surface area contributed by atoms with Gasteiger partial charge in [0, 0.05) is 18.7 Å². The fourth-order valence-electron chi connectivity index (χ4n) is 3.55. The van der Waals surface area contributed by atoms with Crippen molar-refractivity contribution in [2.75, 3.05) is 25.0 Å². The molecular formula is C20H29N5O. The van der Waals surface area contributed by atoms with Crippen LogP contribution in [0.1, 0.15) is 56.3 Å². The zero-order valence-corrected chi connectivity index (χ0v) is 16.0. The number of aromatic nitrogens is 3. The van der Waals surface area contributed by atoms with Gasteiger partial charge in [-0.2, -0.15) is 0 Å². The molecule has 1 aromatic carbocycles. The highest BCUT2D eigenvalue weighted by Gasteiger charge is 2.24. The van der Waals surface area contributed by atoms with Crippen molar-refractivity contribution in [1.29, 1.82) is 0 Å². The lowest BCUT2D eigenvalue weighted by atomic mass is 9.96. The summed E-state index contributed by atoms with van der Waals surface area (Å²) in [5, 5.41) is 11.2. The van der Waals surface area contributed by atoms with E-state index in [2.05, 4.69) is 46.4 Å². The molecule has 26 heavy (non-hydrogen) atoms. The van der Waals surface area contributed by atoms with Gasteiger partial charge in [-0.1, -0.05) is 26.0 Å². The molecule has 1 aliphatic rings. The number of nitrogens with one attached hydrogen (secondary N) is 1. The van der Waals surface area contributed by atoms with E-state index in [-0.39, 0.29) is 5.91 Å². The maximum atomic E-state index is 12.3. The van der Waals surface area contributed by atoms with Crippen molar-refractivity contribution in [3.63, 3.8) is 0 Å². The van der Waals surface area contributed by atoms with Gasteiger partial charge in [0.25, 0.3) is 0 Å². The maximum Gasteiger partial charge on any atom is 0.238 e. The third-order valence-electron chi connectivity index (χ3n) is 5.44. The predicted octanol–water partition coefficient (Wildman–Crippen LogP) is 3.15. The van der Waals surface area contributed by atoms with E-state index in [0.29, 0.717) is 18.4 Å². The number of nitrogens with zero attached hydrogens (tertiary/aromatic N) is 4. The lowest BCUT2D eigenvalue weighted by molar-refractivity contribution is -0.117. The van der Waals surface area contributed by atoms with E-state index in [9.17, 15) is 4.79 Å². The Morgan fingerprint density at radius 2 is 1.96 bits per heavy atom. The second kappa shape index (κ2) is 8.45. The molecule has 1 aromatic heterocycles. The summed E-state index contributed by atoms with van der Waals surface area (Å²) in [5.41, 5.74) is 2.19. The smallest absolute Gasteiger partial charge is 0.238 e. The van der Waals surface area contributed by atoms with Crippen molar-refractivity contribution in [3.8, 4) is 0 Å². The highest BCUT2D eigenvalue weighted by molar-refractivity contribution is 5.92. The Hall–Kier alpha value is -2.21. The Morgan fingerprint density at radius 1 is 1.27 bits per heavy atom. The highest BCUT2D eigenvalue weighted by Crippen LogP contribution is 2.26. The van der Waals surface area contributed by atoms with Gasteiger partial charge in [-0.25, -0.2) is 0 Å². The second-order valence-electron chi connectivity index (χ2n) is 7.33. The zero-order valence-electron chi connectivity index (χ0n) is 16.0. The van der Waals surface area contributed by atoms with Crippen molar-refractivity contribution < 1.29 is 4.79 Å². The first-order valence-electron chi connectivity index (χ1n) is 9.53. The van der Waals surface area contributed by atoms with Gasteiger partial charge in [-0.15, -0.1) is 10.2 Å². The minimum atomic E-state index is 0.0541. The first-order chi connectivity index (χ1) is 12.6. The summed E-state index contributed by atoms with van der Waals surface area (Å²) in [6.45, 7) is 6.68. The number of hydrogen-bond acceptors (Lipinski definition) is 4. The lowest BCUT2D eigenvalue weighted by Crippen LogP contribution is -2.39. The summed E-state index contributed by atoms with van der Waals surface area (Å²) >= 11 is 0. The number of carbonyl (C=O) groups is 1. The van der Waals surface area contributed by atoms with Crippen LogP contribution >= 0.6 is 0 Å². The summed E-state index contributed by atoms with van der Waals surface area (Å²) in [6, 6.07) is 8.21. The fourth-order valence-corrected chi connectivity index (χ4v) is 3.55. The van der Waals surface area contributed by atoms with Crippen LogP contribution < -0.4 is 5.32 Å². The summed E-state index contributed by atoms with van der Waals surface area (Å²) < 4.78 is 2.00. The molecule has 0 spiro atoms. The van der Waals surface area contributed by atoms with Gasteiger partial charge in [0.05, 0.1) is 6.54 Å². The Kier molecular flexibility index (Phi) is 6.04. The number of hydrogen-bond donors (Lipinski definition) is 1. The van der Waals surface area contributed by atoms with Gasteiger partial charge in [0.1, 0.15) is 12.2 Å². The SMILES string of the molecule is CCC(C)c1ccc(NC(=O)CN2CCC(c3nncn3C)CC2)cc1. The molecular weight excluding hydrogens is 326 g/mol. The van der Waals surface area contributed by atoms with Gasteiger partial charge in [-0.05, 0) is 56.0 Å². The van der Waals surface area contributed by atoms with Crippen molar-refractivity contribution in [1.82, 2.24) is 19.7 Å². The van der Waals surface area contributed by atoms with Crippen LogP contribution in [-0.2, 0) is 11.8 Å². The van der Waals surface area contributed by atoms with Crippen LogP contribution in [0, 0.1) is 0 Å². The quantitative estimate of drug-likeness (QED) is 0.865. The van der Waals surface area contributed by atoms with E-state index >= 15 is 0 Å². The Morgan fingerprint density at radius 3 is 2.54 bits per heavy atom. The van der Waals surface area contributed by atoms with Crippen LogP contribution in [0.3, 0.4) is 0 Å². The molecule has 1 unspecified atom stereocenters. The van der Waals surface area contributed by atoms with Crippen LogP contribution in [0.2, 0.25) is 0 Å². The summed E-state index contributed by atoms with van der Waals surface area (Å²) in [6.07, 6.45) is 4.91. The molecule has 3 rings (SSSR count). The first kappa shape index (κ1) is 18.6. The Bertz CT molecular complexity index is 716. The van der Waals surface area contributed by atoms with E-state index in [1.165, 1.54) is 5.56 Å². The number of anilines is 1. The lowest BCUT2D eigenvalue weighted by Gasteiger charge is -2.30. The van der Waals surface area contributed by atoms with Crippen LogP contribution in [0.25, 0.3) is 0 Å². The summed E-state index contributed by atoms with van der Waals surface area (Å²) in [4.78, 5) is 14.6. The molecule has 1 saturated heterocycles. The molecule has 1 atom stereocenters. The van der Waals surface area contributed by atoms with Crippen LogP contribution in [0.4, 0.5) is 5.69 Å². The number of piperidine rings is 1. The molecule has 140 valence electrons. The molecule has 1 fully saturated rings. The van der Waals surface area contributed by atoms with Crippen molar-refractivity contribution in [3.05, 3.63) is 42.0 Å². The minimum absolute atomic E-state index is 0.0541. The molecule has 1 aliphatic heterocycles. The average Bonchev–Trinajstić information content (AvgIpc) is 3.08. The Balaban J connectivity index is 1.46. The van der Waals surface area contributed by atoms with Crippen LogP contribution in [0.15, 0.2) is 30.6 Å². The number of benzene rings is 1. The molecule has 0 saturated carbocycles. The number of carbonyl (C=O) groups excluding carboxylic acids is 1. The van der Waals surface area contributed by atoms with E-state index in [0.717, 1.165) is 43.9 Å². The van der Waals surface area contributed by atoms with Crippen molar-refractivity contribution >= 4 is 11.6 Å². The van der Waals surface area contributed by atoms with E-state index in [1.807, 2.05) is 23.7 Å². The van der Waals surface area contributed by atoms with Crippen LogP contribution in [0.5, 0.6) is 0 Å². The molecule has 0 aliphatic carbocycles. The number of aryl methyl sites for hydroxylation is 1. The molecule has 1 N–H and O–H groups in total.